The standard InChI is InChI=1S/C18H30ClNO/c1-6-9-18(4,13-20-12-14(2)3)11-15-10-16(19)7-8-17(15)21-5/h7-8,10,14,20H,6,9,11-13H2,1-5H3. The minimum atomic E-state index is 0.224. The van der Waals surface area contributed by atoms with E-state index in [2.05, 4.69) is 33.0 Å². The van der Waals surface area contributed by atoms with Crippen molar-refractivity contribution >= 4 is 11.6 Å². The Hall–Kier alpha value is -0.730. The van der Waals surface area contributed by atoms with Crippen LogP contribution in [-0.4, -0.2) is 20.2 Å². The van der Waals surface area contributed by atoms with Crippen molar-refractivity contribution in [3.8, 4) is 5.75 Å². The van der Waals surface area contributed by atoms with Gasteiger partial charge in [0, 0.05) is 11.6 Å². The second kappa shape index (κ2) is 8.65. The summed E-state index contributed by atoms with van der Waals surface area (Å²) >= 11 is 6.15. The van der Waals surface area contributed by atoms with E-state index in [1.54, 1.807) is 7.11 Å². The first-order valence-electron chi connectivity index (χ1n) is 7.93. The molecule has 0 saturated carbocycles. The third-order valence-electron chi connectivity index (χ3n) is 3.82. The average molecular weight is 312 g/mol. The number of rotatable bonds is 9. The van der Waals surface area contributed by atoms with Gasteiger partial charge in [-0.15, -0.1) is 0 Å². The Morgan fingerprint density at radius 3 is 2.62 bits per heavy atom. The number of nitrogens with one attached hydrogen (secondary N) is 1. The molecule has 120 valence electrons. The van der Waals surface area contributed by atoms with Crippen LogP contribution in [0.1, 0.15) is 46.1 Å². The summed E-state index contributed by atoms with van der Waals surface area (Å²) in [4.78, 5) is 0. The lowest BCUT2D eigenvalue weighted by molar-refractivity contribution is 0.267. The van der Waals surface area contributed by atoms with E-state index >= 15 is 0 Å². The Morgan fingerprint density at radius 1 is 1.33 bits per heavy atom. The Bertz CT molecular complexity index is 433. The van der Waals surface area contributed by atoms with Gasteiger partial charge in [-0.3, -0.25) is 0 Å². The van der Waals surface area contributed by atoms with Crippen molar-refractivity contribution in [3.05, 3.63) is 28.8 Å². The number of benzene rings is 1. The molecule has 0 aliphatic carbocycles. The first kappa shape index (κ1) is 18.3. The Labute approximate surface area is 135 Å². The van der Waals surface area contributed by atoms with Gasteiger partial charge in [0.2, 0.25) is 0 Å². The molecule has 2 nitrogen and oxygen atoms in total. The fourth-order valence-electron chi connectivity index (χ4n) is 2.85. The summed E-state index contributed by atoms with van der Waals surface area (Å²) in [6.45, 7) is 11.2. The van der Waals surface area contributed by atoms with Crippen LogP contribution in [-0.2, 0) is 6.42 Å². The molecule has 0 aliphatic heterocycles. The molecular formula is C18H30ClNO. The lowest BCUT2D eigenvalue weighted by atomic mass is 9.79. The van der Waals surface area contributed by atoms with Gasteiger partial charge >= 0.3 is 0 Å². The van der Waals surface area contributed by atoms with Crippen molar-refractivity contribution in [1.29, 1.82) is 0 Å². The van der Waals surface area contributed by atoms with Crippen LogP contribution in [0, 0.1) is 11.3 Å². The molecular weight excluding hydrogens is 282 g/mol. The first-order valence-corrected chi connectivity index (χ1v) is 8.31. The number of hydrogen-bond donors (Lipinski definition) is 1. The van der Waals surface area contributed by atoms with Gasteiger partial charge < -0.3 is 10.1 Å². The predicted octanol–water partition coefficient (Wildman–Crippen LogP) is 4.94. The fraction of sp³-hybridized carbons (Fsp3) is 0.667. The number of ether oxygens (including phenoxy) is 1. The second-order valence-corrected chi connectivity index (χ2v) is 7.15. The van der Waals surface area contributed by atoms with Gasteiger partial charge in [0.05, 0.1) is 7.11 Å². The zero-order valence-corrected chi connectivity index (χ0v) is 14.9. The van der Waals surface area contributed by atoms with Crippen LogP contribution >= 0.6 is 11.6 Å². The molecule has 1 rings (SSSR count). The Kier molecular flexibility index (Phi) is 7.55. The van der Waals surface area contributed by atoms with E-state index in [-0.39, 0.29) is 5.41 Å². The molecule has 0 aromatic heterocycles. The van der Waals surface area contributed by atoms with E-state index in [9.17, 15) is 0 Å². The van der Waals surface area contributed by atoms with Gasteiger partial charge in [-0.25, -0.2) is 0 Å². The average Bonchev–Trinajstić information content (AvgIpc) is 2.38. The van der Waals surface area contributed by atoms with Crippen molar-refractivity contribution in [2.75, 3.05) is 20.2 Å². The summed E-state index contributed by atoms with van der Waals surface area (Å²) < 4.78 is 5.49. The number of hydrogen-bond acceptors (Lipinski definition) is 2. The summed E-state index contributed by atoms with van der Waals surface area (Å²) in [7, 11) is 1.72. The normalized spacial score (nSPS) is 14.2. The van der Waals surface area contributed by atoms with E-state index in [1.165, 1.54) is 18.4 Å². The molecule has 1 atom stereocenters. The number of halogens is 1. The van der Waals surface area contributed by atoms with E-state index in [0.717, 1.165) is 30.3 Å². The van der Waals surface area contributed by atoms with E-state index in [4.69, 9.17) is 16.3 Å². The predicted molar refractivity (Wildman–Crippen MR) is 92.4 cm³/mol. The molecule has 21 heavy (non-hydrogen) atoms. The monoisotopic (exact) mass is 311 g/mol. The molecule has 0 radical (unpaired) electrons. The summed E-state index contributed by atoms with van der Waals surface area (Å²) in [6, 6.07) is 5.89. The van der Waals surface area contributed by atoms with E-state index in [1.807, 2.05) is 18.2 Å². The molecule has 0 spiro atoms. The SMILES string of the molecule is CCCC(C)(CNCC(C)C)Cc1cc(Cl)ccc1OC. The third kappa shape index (κ3) is 6.27. The highest BCUT2D eigenvalue weighted by Gasteiger charge is 2.25. The summed E-state index contributed by atoms with van der Waals surface area (Å²) in [5.41, 5.74) is 1.43. The quantitative estimate of drug-likeness (QED) is 0.697. The molecule has 0 heterocycles. The largest absolute Gasteiger partial charge is 0.496 e. The van der Waals surface area contributed by atoms with Crippen LogP contribution in [0.5, 0.6) is 5.75 Å². The second-order valence-electron chi connectivity index (χ2n) is 6.72. The molecule has 0 saturated heterocycles. The van der Waals surface area contributed by atoms with Crippen molar-refractivity contribution in [2.24, 2.45) is 11.3 Å². The lowest BCUT2D eigenvalue weighted by Crippen LogP contribution is -2.35. The van der Waals surface area contributed by atoms with Gasteiger partial charge in [-0.2, -0.15) is 0 Å². The maximum Gasteiger partial charge on any atom is 0.122 e. The van der Waals surface area contributed by atoms with Crippen LogP contribution < -0.4 is 10.1 Å². The van der Waals surface area contributed by atoms with E-state index < -0.39 is 0 Å². The van der Waals surface area contributed by atoms with Crippen molar-refractivity contribution < 1.29 is 4.74 Å². The third-order valence-corrected chi connectivity index (χ3v) is 4.05. The van der Waals surface area contributed by atoms with Crippen molar-refractivity contribution in [2.45, 2.75) is 47.0 Å². The van der Waals surface area contributed by atoms with Crippen LogP contribution in [0.2, 0.25) is 5.02 Å². The maximum absolute atomic E-state index is 6.15. The van der Waals surface area contributed by atoms with Crippen LogP contribution in [0.4, 0.5) is 0 Å². The Morgan fingerprint density at radius 2 is 2.05 bits per heavy atom. The topological polar surface area (TPSA) is 21.3 Å². The zero-order valence-electron chi connectivity index (χ0n) is 14.1. The minimum Gasteiger partial charge on any atom is -0.496 e. The van der Waals surface area contributed by atoms with Gasteiger partial charge in [-0.1, -0.05) is 45.7 Å². The highest BCUT2D eigenvalue weighted by Crippen LogP contribution is 2.33. The van der Waals surface area contributed by atoms with E-state index in [0.29, 0.717) is 5.92 Å². The molecule has 0 fully saturated rings. The van der Waals surface area contributed by atoms with Crippen molar-refractivity contribution in [3.63, 3.8) is 0 Å². The fourth-order valence-corrected chi connectivity index (χ4v) is 3.05. The molecule has 3 heteroatoms. The molecule has 1 aromatic rings. The molecule has 1 N–H and O–H groups in total. The maximum atomic E-state index is 6.15. The van der Waals surface area contributed by atoms with Crippen LogP contribution in [0.3, 0.4) is 0 Å². The molecule has 0 aliphatic rings. The minimum absolute atomic E-state index is 0.224. The molecule has 0 amide bonds. The summed E-state index contributed by atoms with van der Waals surface area (Å²) in [5.74, 6) is 1.61. The highest BCUT2D eigenvalue weighted by atomic mass is 35.5. The van der Waals surface area contributed by atoms with Gasteiger partial charge in [0.25, 0.3) is 0 Å². The van der Waals surface area contributed by atoms with Gasteiger partial charge in [-0.05, 0) is 54.5 Å². The van der Waals surface area contributed by atoms with Crippen molar-refractivity contribution in [1.82, 2.24) is 5.32 Å². The Balaban J connectivity index is 2.83. The molecule has 1 aromatic carbocycles. The van der Waals surface area contributed by atoms with Gasteiger partial charge in [0.1, 0.15) is 5.75 Å². The first-order chi connectivity index (χ1) is 9.90. The van der Waals surface area contributed by atoms with Crippen LogP contribution in [0.15, 0.2) is 18.2 Å². The lowest BCUT2D eigenvalue weighted by Gasteiger charge is -2.31. The number of methoxy groups -OCH3 is 1. The highest BCUT2D eigenvalue weighted by molar-refractivity contribution is 6.30. The smallest absolute Gasteiger partial charge is 0.122 e. The molecule has 1 unspecified atom stereocenters. The zero-order chi connectivity index (χ0) is 15.9. The summed E-state index contributed by atoms with van der Waals surface area (Å²) in [6.07, 6.45) is 3.35. The van der Waals surface area contributed by atoms with Crippen LogP contribution in [0.25, 0.3) is 0 Å². The summed E-state index contributed by atoms with van der Waals surface area (Å²) in [5, 5.41) is 4.39. The van der Waals surface area contributed by atoms with Gasteiger partial charge in [0.15, 0.2) is 0 Å². The molecule has 0 bridgehead atoms.